The Bertz CT molecular complexity index is 300. The van der Waals surface area contributed by atoms with Gasteiger partial charge in [0.05, 0.1) is 0 Å². The maximum Gasteiger partial charge on any atom is 0.377 e. The minimum atomic E-state index is -0.374. The van der Waals surface area contributed by atoms with Gasteiger partial charge in [-0.15, -0.1) is 0 Å². The number of hydrogen-bond acceptors (Lipinski definition) is 4. The van der Waals surface area contributed by atoms with Crippen molar-refractivity contribution in [2.45, 2.75) is 18.8 Å². The number of aromatic nitrogens is 2. The van der Waals surface area contributed by atoms with E-state index >= 15 is 0 Å². The normalized spacial score (nSPS) is 24.2. The van der Waals surface area contributed by atoms with Gasteiger partial charge in [0, 0.05) is 11.7 Å². The number of nitrogens with one attached hydrogen (secondary N) is 1. The molecule has 0 saturated carbocycles. The molecule has 1 atom stereocenters. The lowest BCUT2D eigenvalue weighted by Gasteiger charge is -2.16. The van der Waals surface area contributed by atoms with Crippen molar-refractivity contribution in [3.05, 3.63) is 16.4 Å². The number of hydrogen-bond donors (Lipinski definition) is 1. The van der Waals surface area contributed by atoms with Gasteiger partial charge in [0.15, 0.2) is 0 Å². The monoisotopic (exact) mass is 186 g/mol. The first-order chi connectivity index (χ1) is 5.86. The fourth-order valence-corrected chi connectivity index (χ4v) is 2.48. The molecule has 0 radical (unpaired) electrons. The second kappa shape index (κ2) is 3.35. The molecule has 66 valence electrons. The van der Waals surface area contributed by atoms with Crippen molar-refractivity contribution in [2.24, 2.45) is 0 Å². The molecule has 0 spiro atoms. The van der Waals surface area contributed by atoms with E-state index < -0.39 is 0 Å². The molecule has 5 heteroatoms. The Morgan fingerprint density at radius 2 is 2.58 bits per heavy atom. The van der Waals surface area contributed by atoms with Crippen LogP contribution < -0.4 is 5.69 Å². The molecule has 0 amide bonds. The summed E-state index contributed by atoms with van der Waals surface area (Å²) in [6, 6.07) is 0. The Labute approximate surface area is 73.7 Å². The van der Waals surface area contributed by atoms with Crippen LogP contribution in [0.5, 0.6) is 0 Å². The van der Waals surface area contributed by atoms with E-state index in [0.717, 1.165) is 12.2 Å². The van der Waals surface area contributed by atoms with Gasteiger partial charge < -0.3 is 4.52 Å². The third kappa shape index (κ3) is 1.55. The van der Waals surface area contributed by atoms with Crippen LogP contribution in [0.1, 0.15) is 24.7 Å². The van der Waals surface area contributed by atoms with Crippen molar-refractivity contribution in [3.63, 3.8) is 0 Å². The summed E-state index contributed by atoms with van der Waals surface area (Å²) >= 11 is 1.89. The summed E-state index contributed by atoms with van der Waals surface area (Å²) in [6.07, 6.45) is 2.27. The summed E-state index contributed by atoms with van der Waals surface area (Å²) in [5.74, 6) is 3.15. The van der Waals surface area contributed by atoms with Gasteiger partial charge in [-0.05, 0) is 18.6 Å². The van der Waals surface area contributed by atoms with E-state index in [-0.39, 0.29) is 5.69 Å². The minimum Gasteiger partial charge on any atom is -0.362 e. The zero-order valence-electron chi connectivity index (χ0n) is 6.58. The maximum absolute atomic E-state index is 10.7. The van der Waals surface area contributed by atoms with Crippen LogP contribution in [-0.2, 0) is 0 Å². The van der Waals surface area contributed by atoms with Crippen LogP contribution in [-0.4, -0.2) is 21.6 Å². The summed E-state index contributed by atoms with van der Waals surface area (Å²) in [5, 5.41) is 2.21. The van der Waals surface area contributed by atoms with E-state index in [4.69, 9.17) is 4.52 Å². The molecule has 0 aliphatic carbocycles. The van der Waals surface area contributed by atoms with Gasteiger partial charge in [-0.1, -0.05) is 0 Å². The van der Waals surface area contributed by atoms with Crippen LogP contribution in [0.2, 0.25) is 0 Å². The lowest BCUT2D eigenvalue weighted by atomic mass is 10.1. The number of nitrogens with zero attached hydrogens (tertiary/aromatic N) is 1. The summed E-state index contributed by atoms with van der Waals surface area (Å²) in [4.78, 5) is 14.4. The fraction of sp³-hybridized carbons (Fsp3) is 0.714. The molecule has 1 aliphatic heterocycles. The molecule has 0 bridgehead atoms. The second-order valence-electron chi connectivity index (χ2n) is 2.87. The molecule has 12 heavy (non-hydrogen) atoms. The highest BCUT2D eigenvalue weighted by molar-refractivity contribution is 7.99. The Hall–Kier alpha value is -0.710. The molecule has 1 N–H and O–H groups in total. The van der Waals surface area contributed by atoms with Crippen LogP contribution >= 0.6 is 11.8 Å². The van der Waals surface area contributed by atoms with Gasteiger partial charge in [0.2, 0.25) is 5.89 Å². The summed E-state index contributed by atoms with van der Waals surface area (Å²) in [7, 11) is 0. The van der Waals surface area contributed by atoms with Crippen LogP contribution in [0.4, 0.5) is 0 Å². The molecule has 0 aromatic carbocycles. The van der Waals surface area contributed by atoms with E-state index in [2.05, 4.69) is 10.1 Å². The second-order valence-corrected chi connectivity index (χ2v) is 4.02. The highest BCUT2D eigenvalue weighted by atomic mass is 32.2. The first-order valence-electron chi connectivity index (χ1n) is 3.99. The first kappa shape index (κ1) is 7.91. The standard InChI is InChI=1S/C7H10N2O2S/c10-7-8-6(11-9-7)5-2-1-3-12-4-5/h5H,1-4H2,(H,9,10). The van der Waals surface area contributed by atoms with Crippen LogP contribution in [0.15, 0.2) is 9.32 Å². The Balaban J connectivity index is 2.13. The van der Waals surface area contributed by atoms with Gasteiger partial charge in [-0.3, -0.25) is 0 Å². The molecule has 1 aromatic heterocycles. The zero-order valence-corrected chi connectivity index (χ0v) is 7.39. The molecule has 1 aliphatic rings. The third-order valence-electron chi connectivity index (χ3n) is 1.96. The lowest BCUT2D eigenvalue weighted by Crippen LogP contribution is -2.10. The van der Waals surface area contributed by atoms with Crippen LogP contribution in [0, 0.1) is 0 Å². The van der Waals surface area contributed by atoms with E-state index in [0.29, 0.717) is 11.8 Å². The third-order valence-corrected chi connectivity index (χ3v) is 3.18. The Kier molecular flexibility index (Phi) is 2.21. The maximum atomic E-state index is 10.7. The van der Waals surface area contributed by atoms with Gasteiger partial charge in [-0.25, -0.2) is 4.79 Å². The Morgan fingerprint density at radius 3 is 3.17 bits per heavy atom. The van der Waals surface area contributed by atoms with Crippen molar-refractivity contribution in [3.8, 4) is 0 Å². The minimum absolute atomic E-state index is 0.336. The molecule has 2 rings (SSSR count). The molecular formula is C7H10N2O2S. The highest BCUT2D eigenvalue weighted by Gasteiger charge is 2.20. The number of aromatic amines is 1. The quantitative estimate of drug-likeness (QED) is 0.710. The predicted molar refractivity (Wildman–Crippen MR) is 46.4 cm³/mol. The summed E-state index contributed by atoms with van der Waals surface area (Å²) in [6.45, 7) is 0. The fourth-order valence-electron chi connectivity index (χ4n) is 1.35. The molecule has 2 heterocycles. The van der Waals surface area contributed by atoms with Crippen LogP contribution in [0.25, 0.3) is 0 Å². The molecular weight excluding hydrogens is 176 g/mol. The van der Waals surface area contributed by atoms with Crippen LogP contribution in [0.3, 0.4) is 0 Å². The average molecular weight is 186 g/mol. The van der Waals surface area contributed by atoms with Gasteiger partial charge in [0.25, 0.3) is 0 Å². The van der Waals surface area contributed by atoms with Crippen molar-refractivity contribution < 1.29 is 4.52 Å². The number of thioether (sulfide) groups is 1. The SMILES string of the molecule is O=c1nc(C2CCCSC2)o[nH]1. The molecule has 1 fully saturated rings. The average Bonchev–Trinajstić information content (AvgIpc) is 2.54. The van der Waals surface area contributed by atoms with Crippen molar-refractivity contribution in [1.82, 2.24) is 10.1 Å². The van der Waals surface area contributed by atoms with E-state index in [9.17, 15) is 4.79 Å². The molecule has 1 aromatic rings. The summed E-state index contributed by atoms with van der Waals surface area (Å²) in [5.41, 5.74) is -0.374. The Morgan fingerprint density at radius 1 is 1.67 bits per heavy atom. The topological polar surface area (TPSA) is 58.9 Å². The number of rotatable bonds is 1. The van der Waals surface area contributed by atoms with E-state index in [1.807, 2.05) is 11.8 Å². The van der Waals surface area contributed by atoms with Crippen molar-refractivity contribution in [2.75, 3.05) is 11.5 Å². The van der Waals surface area contributed by atoms with Gasteiger partial charge >= 0.3 is 5.69 Å². The zero-order chi connectivity index (χ0) is 8.39. The lowest BCUT2D eigenvalue weighted by molar-refractivity contribution is 0.350. The first-order valence-corrected chi connectivity index (χ1v) is 5.15. The van der Waals surface area contributed by atoms with Crippen molar-refractivity contribution in [1.29, 1.82) is 0 Å². The van der Waals surface area contributed by atoms with E-state index in [1.54, 1.807) is 0 Å². The smallest absolute Gasteiger partial charge is 0.362 e. The summed E-state index contributed by atoms with van der Waals surface area (Å²) < 4.78 is 4.94. The highest BCUT2D eigenvalue weighted by Crippen LogP contribution is 2.29. The van der Waals surface area contributed by atoms with Crippen molar-refractivity contribution >= 4 is 11.8 Å². The number of H-pyrrole nitrogens is 1. The molecule has 1 unspecified atom stereocenters. The van der Waals surface area contributed by atoms with Gasteiger partial charge in [0.1, 0.15) is 0 Å². The predicted octanol–water partition coefficient (Wildman–Crippen LogP) is 0.974. The largest absolute Gasteiger partial charge is 0.377 e. The molecule has 1 saturated heterocycles. The molecule has 4 nitrogen and oxygen atoms in total. The van der Waals surface area contributed by atoms with E-state index in [1.165, 1.54) is 12.2 Å². The van der Waals surface area contributed by atoms with Gasteiger partial charge in [-0.2, -0.15) is 21.9 Å².